The van der Waals surface area contributed by atoms with Gasteiger partial charge in [0.2, 0.25) is 5.91 Å². The van der Waals surface area contributed by atoms with Crippen molar-refractivity contribution in [2.75, 3.05) is 7.11 Å². The second kappa shape index (κ2) is 11.4. The standard InChI is InChI=1S/C26H26N4O3S/c1-32-23-12-10-22(11-13-23)25-28-29-26(34)30(25)16-24(31)27-15-20-8-5-9-21(14-20)18-33-17-19-6-3-2-4-7-19/h2-14H,15-18H2,1H3,(H,27,31)(H,29,34). The van der Waals surface area contributed by atoms with Gasteiger partial charge < -0.3 is 14.8 Å². The maximum Gasteiger partial charge on any atom is 0.240 e. The van der Waals surface area contributed by atoms with Crippen molar-refractivity contribution in [3.8, 4) is 17.1 Å². The number of amides is 1. The number of benzene rings is 3. The first-order valence-corrected chi connectivity index (χ1v) is 11.3. The van der Waals surface area contributed by atoms with E-state index in [2.05, 4.69) is 15.5 Å². The van der Waals surface area contributed by atoms with E-state index in [1.54, 1.807) is 11.7 Å². The molecule has 0 saturated carbocycles. The highest BCUT2D eigenvalue weighted by Crippen LogP contribution is 2.21. The number of nitrogens with zero attached hydrogens (tertiary/aromatic N) is 2. The monoisotopic (exact) mass is 474 g/mol. The summed E-state index contributed by atoms with van der Waals surface area (Å²) >= 11 is 5.34. The zero-order chi connectivity index (χ0) is 23.8. The second-order valence-corrected chi connectivity index (χ2v) is 8.13. The van der Waals surface area contributed by atoms with Gasteiger partial charge in [-0.15, -0.1) is 0 Å². The average molecular weight is 475 g/mol. The van der Waals surface area contributed by atoms with Crippen LogP contribution in [0.4, 0.5) is 0 Å². The number of carbonyl (C=O) groups excluding carboxylic acids is 1. The Hall–Kier alpha value is -3.75. The van der Waals surface area contributed by atoms with Crippen molar-refractivity contribution < 1.29 is 14.3 Å². The number of H-pyrrole nitrogens is 1. The summed E-state index contributed by atoms with van der Waals surface area (Å²) in [7, 11) is 1.61. The fraction of sp³-hybridized carbons (Fsp3) is 0.192. The van der Waals surface area contributed by atoms with Crippen LogP contribution >= 0.6 is 12.2 Å². The van der Waals surface area contributed by atoms with Crippen LogP contribution in [0.1, 0.15) is 16.7 Å². The Labute approximate surface area is 203 Å². The van der Waals surface area contributed by atoms with Gasteiger partial charge in [-0.1, -0.05) is 54.6 Å². The van der Waals surface area contributed by atoms with Crippen LogP contribution in [0.15, 0.2) is 78.9 Å². The number of aromatic nitrogens is 3. The lowest BCUT2D eigenvalue weighted by atomic mass is 10.1. The van der Waals surface area contributed by atoms with Crippen LogP contribution in [0.2, 0.25) is 0 Å². The van der Waals surface area contributed by atoms with Crippen LogP contribution in [-0.2, 0) is 35.8 Å². The number of methoxy groups -OCH3 is 1. The smallest absolute Gasteiger partial charge is 0.240 e. The third kappa shape index (κ3) is 6.18. The summed E-state index contributed by atoms with van der Waals surface area (Å²) in [6.45, 7) is 1.54. The molecule has 2 N–H and O–H groups in total. The van der Waals surface area contributed by atoms with Gasteiger partial charge in [0, 0.05) is 12.1 Å². The minimum atomic E-state index is -0.155. The Balaban J connectivity index is 1.32. The molecular weight excluding hydrogens is 448 g/mol. The van der Waals surface area contributed by atoms with Crippen molar-refractivity contribution in [3.63, 3.8) is 0 Å². The minimum absolute atomic E-state index is 0.0660. The molecule has 1 amide bonds. The van der Waals surface area contributed by atoms with E-state index in [-0.39, 0.29) is 12.5 Å². The highest BCUT2D eigenvalue weighted by atomic mass is 32.1. The summed E-state index contributed by atoms with van der Waals surface area (Å²) in [6, 6.07) is 25.5. The van der Waals surface area contributed by atoms with Crippen LogP contribution < -0.4 is 10.1 Å². The van der Waals surface area contributed by atoms with E-state index in [9.17, 15) is 4.79 Å². The topological polar surface area (TPSA) is 81.2 Å². The first-order chi connectivity index (χ1) is 16.6. The van der Waals surface area contributed by atoms with Crippen molar-refractivity contribution in [3.05, 3.63) is 100 Å². The first kappa shape index (κ1) is 23.4. The zero-order valence-electron chi connectivity index (χ0n) is 18.9. The highest BCUT2D eigenvalue weighted by Gasteiger charge is 2.12. The Kier molecular flexibility index (Phi) is 7.85. The molecule has 0 bridgehead atoms. The molecule has 4 rings (SSSR count). The fourth-order valence-electron chi connectivity index (χ4n) is 3.52. The maximum atomic E-state index is 12.7. The van der Waals surface area contributed by atoms with Gasteiger partial charge in [-0.25, -0.2) is 0 Å². The minimum Gasteiger partial charge on any atom is -0.497 e. The van der Waals surface area contributed by atoms with Crippen molar-refractivity contribution >= 4 is 18.1 Å². The summed E-state index contributed by atoms with van der Waals surface area (Å²) < 4.78 is 13.1. The van der Waals surface area contributed by atoms with E-state index in [1.807, 2.05) is 78.9 Å². The molecule has 34 heavy (non-hydrogen) atoms. The molecule has 4 aromatic rings. The molecule has 0 spiro atoms. The number of ether oxygens (including phenoxy) is 2. The third-order valence-corrected chi connectivity index (χ3v) is 5.58. The van der Waals surface area contributed by atoms with Gasteiger partial charge >= 0.3 is 0 Å². The number of nitrogens with one attached hydrogen (secondary N) is 2. The van der Waals surface area contributed by atoms with E-state index < -0.39 is 0 Å². The second-order valence-electron chi connectivity index (χ2n) is 7.74. The predicted octanol–water partition coefficient (Wildman–Crippen LogP) is 4.65. The Bertz CT molecular complexity index is 1280. The summed E-state index contributed by atoms with van der Waals surface area (Å²) in [5.41, 5.74) is 4.03. The fourth-order valence-corrected chi connectivity index (χ4v) is 3.71. The van der Waals surface area contributed by atoms with Gasteiger partial charge in [-0.05, 0) is 53.2 Å². The lowest BCUT2D eigenvalue weighted by Crippen LogP contribution is -2.27. The molecule has 0 saturated heterocycles. The lowest BCUT2D eigenvalue weighted by Gasteiger charge is -2.10. The van der Waals surface area contributed by atoms with Gasteiger partial charge in [0.15, 0.2) is 10.6 Å². The maximum absolute atomic E-state index is 12.7. The summed E-state index contributed by atoms with van der Waals surface area (Å²) in [5.74, 6) is 1.19. The number of carbonyl (C=O) groups is 1. The molecular formula is C26H26N4O3S. The quantitative estimate of drug-likeness (QED) is 0.327. The number of hydrogen-bond acceptors (Lipinski definition) is 5. The highest BCUT2D eigenvalue weighted by molar-refractivity contribution is 7.71. The zero-order valence-corrected chi connectivity index (χ0v) is 19.7. The van der Waals surface area contributed by atoms with Crippen LogP contribution in [0, 0.1) is 4.77 Å². The van der Waals surface area contributed by atoms with E-state index in [1.165, 1.54) is 0 Å². The molecule has 0 aliphatic carbocycles. The van der Waals surface area contributed by atoms with Crippen molar-refractivity contribution in [1.29, 1.82) is 0 Å². The molecule has 0 aliphatic rings. The molecule has 0 unspecified atom stereocenters. The van der Waals surface area contributed by atoms with Crippen LogP contribution in [0.5, 0.6) is 5.75 Å². The van der Waals surface area contributed by atoms with Gasteiger partial charge in [0.1, 0.15) is 12.3 Å². The van der Waals surface area contributed by atoms with Crippen molar-refractivity contribution in [2.45, 2.75) is 26.3 Å². The van der Waals surface area contributed by atoms with Gasteiger partial charge in [0.05, 0.1) is 20.3 Å². The molecule has 7 nitrogen and oxygen atoms in total. The number of aromatic amines is 1. The molecule has 0 aliphatic heterocycles. The van der Waals surface area contributed by atoms with E-state index in [0.29, 0.717) is 30.4 Å². The number of rotatable bonds is 10. The van der Waals surface area contributed by atoms with E-state index >= 15 is 0 Å². The van der Waals surface area contributed by atoms with Gasteiger partial charge in [-0.2, -0.15) is 5.10 Å². The molecule has 1 heterocycles. The van der Waals surface area contributed by atoms with Crippen molar-refractivity contribution in [1.82, 2.24) is 20.1 Å². The van der Waals surface area contributed by atoms with Crippen LogP contribution in [0.25, 0.3) is 11.4 Å². The largest absolute Gasteiger partial charge is 0.497 e. The lowest BCUT2D eigenvalue weighted by molar-refractivity contribution is -0.121. The average Bonchev–Trinajstić information content (AvgIpc) is 3.23. The third-order valence-electron chi connectivity index (χ3n) is 5.27. The normalized spacial score (nSPS) is 10.7. The van der Waals surface area contributed by atoms with Gasteiger partial charge in [0.25, 0.3) is 0 Å². The summed E-state index contributed by atoms with van der Waals surface area (Å²) in [6.07, 6.45) is 0. The predicted molar refractivity (Wildman–Crippen MR) is 133 cm³/mol. The summed E-state index contributed by atoms with van der Waals surface area (Å²) in [4.78, 5) is 12.7. The van der Waals surface area contributed by atoms with Crippen LogP contribution in [-0.4, -0.2) is 27.8 Å². The Morgan fingerprint density at radius 2 is 1.68 bits per heavy atom. The molecule has 0 atom stereocenters. The van der Waals surface area contributed by atoms with Crippen LogP contribution in [0.3, 0.4) is 0 Å². The van der Waals surface area contributed by atoms with E-state index in [4.69, 9.17) is 21.7 Å². The SMILES string of the molecule is COc1ccc(-c2n[nH]c(=S)n2CC(=O)NCc2cccc(COCc3ccccc3)c2)cc1. The number of hydrogen-bond donors (Lipinski definition) is 2. The molecule has 174 valence electrons. The van der Waals surface area contributed by atoms with Crippen molar-refractivity contribution in [2.24, 2.45) is 0 Å². The molecule has 0 radical (unpaired) electrons. The molecule has 0 fully saturated rings. The molecule has 3 aromatic carbocycles. The Morgan fingerprint density at radius 3 is 2.44 bits per heavy atom. The molecule has 8 heteroatoms. The molecule has 1 aromatic heterocycles. The summed E-state index contributed by atoms with van der Waals surface area (Å²) in [5, 5.41) is 10.0. The van der Waals surface area contributed by atoms with Gasteiger partial charge in [-0.3, -0.25) is 14.5 Å². The Morgan fingerprint density at radius 1 is 0.971 bits per heavy atom. The first-order valence-electron chi connectivity index (χ1n) is 10.9. The van der Waals surface area contributed by atoms with E-state index in [0.717, 1.165) is 28.0 Å².